The number of halogens is 2. The monoisotopic (exact) mass is 426 g/mol. The first-order valence-electron chi connectivity index (χ1n) is 9.77. The fraction of sp³-hybridized carbons (Fsp3) is 0.250. The highest BCUT2D eigenvalue weighted by Gasteiger charge is 2.39. The third-order valence-corrected chi connectivity index (χ3v) is 5.53. The lowest BCUT2D eigenvalue weighted by atomic mass is 9.85. The predicted molar refractivity (Wildman–Crippen MR) is 123 cm³/mol. The van der Waals surface area contributed by atoms with Crippen molar-refractivity contribution in [2.45, 2.75) is 31.9 Å². The molecule has 1 unspecified atom stereocenters. The third kappa shape index (κ3) is 4.47. The van der Waals surface area contributed by atoms with Gasteiger partial charge in [-0.1, -0.05) is 47.5 Å². The molecule has 4 rings (SSSR count). The number of anilines is 2. The molecule has 0 saturated heterocycles. The lowest BCUT2D eigenvalue weighted by Gasteiger charge is -2.32. The molecule has 2 N–H and O–H groups in total. The van der Waals surface area contributed by atoms with Crippen LogP contribution in [0.2, 0.25) is 10.0 Å². The van der Waals surface area contributed by atoms with Gasteiger partial charge in [0.2, 0.25) is 0 Å². The molecule has 29 heavy (non-hydrogen) atoms. The SMILES string of the molecule is CC(C)Oc1cccc(NC2(Cc3cccc(Cl)c3)CNc3cc(Cl)ccc32)c1. The number of ether oxygens (including phenoxy) is 1. The number of hydrogen-bond acceptors (Lipinski definition) is 3. The summed E-state index contributed by atoms with van der Waals surface area (Å²) < 4.78 is 5.88. The normalized spacial score (nSPS) is 17.7. The van der Waals surface area contributed by atoms with Gasteiger partial charge in [0, 0.05) is 46.0 Å². The van der Waals surface area contributed by atoms with E-state index in [-0.39, 0.29) is 11.6 Å². The molecule has 0 saturated carbocycles. The van der Waals surface area contributed by atoms with Gasteiger partial charge in [0.05, 0.1) is 11.6 Å². The summed E-state index contributed by atoms with van der Waals surface area (Å²) in [6, 6.07) is 22.2. The van der Waals surface area contributed by atoms with Crippen molar-refractivity contribution in [2.75, 3.05) is 17.2 Å². The molecular formula is C24H24Cl2N2O. The predicted octanol–water partition coefficient (Wildman–Crippen LogP) is 6.76. The van der Waals surface area contributed by atoms with E-state index in [1.165, 1.54) is 11.1 Å². The molecule has 3 nitrogen and oxygen atoms in total. The highest BCUT2D eigenvalue weighted by molar-refractivity contribution is 6.31. The van der Waals surface area contributed by atoms with Crippen LogP contribution in [0.15, 0.2) is 66.7 Å². The molecular weight excluding hydrogens is 403 g/mol. The number of hydrogen-bond donors (Lipinski definition) is 2. The summed E-state index contributed by atoms with van der Waals surface area (Å²) in [6.07, 6.45) is 0.909. The van der Waals surface area contributed by atoms with E-state index in [9.17, 15) is 0 Å². The molecule has 1 aliphatic rings. The average Bonchev–Trinajstić information content (AvgIpc) is 2.98. The highest BCUT2D eigenvalue weighted by atomic mass is 35.5. The van der Waals surface area contributed by atoms with E-state index in [0.29, 0.717) is 0 Å². The van der Waals surface area contributed by atoms with E-state index >= 15 is 0 Å². The second-order valence-corrected chi connectivity index (χ2v) is 8.62. The number of rotatable bonds is 6. The van der Waals surface area contributed by atoms with Crippen molar-refractivity contribution in [1.29, 1.82) is 0 Å². The van der Waals surface area contributed by atoms with Crippen LogP contribution in [0.1, 0.15) is 25.0 Å². The first kappa shape index (κ1) is 19.9. The Morgan fingerprint density at radius 3 is 2.59 bits per heavy atom. The summed E-state index contributed by atoms with van der Waals surface area (Å²) in [7, 11) is 0. The Labute approximate surface area is 182 Å². The molecule has 1 aliphatic heterocycles. The van der Waals surface area contributed by atoms with Crippen LogP contribution in [0.4, 0.5) is 11.4 Å². The number of nitrogens with one attached hydrogen (secondary N) is 2. The van der Waals surface area contributed by atoms with Gasteiger partial charge < -0.3 is 15.4 Å². The van der Waals surface area contributed by atoms with Crippen LogP contribution in [0.3, 0.4) is 0 Å². The van der Waals surface area contributed by atoms with Crippen LogP contribution in [0.5, 0.6) is 5.75 Å². The molecule has 0 aliphatic carbocycles. The van der Waals surface area contributed by atoms with Crippen molar-refractivity contribution in [3.8, 4) is 5.75 Å². The summed E-state index contributed by atoms with van der Waals surface area (Å²) in [5.74, 6) is 0.852. The molecule has 5 heteroatoms. The molecule has 0 radical (unpaired) electrons. The minimum absolute atomic E-state index is 0.127. The van der Waals surface area contributed by atoms with Gasteiger partial charge in [0.25, 0.3) is 0 Å². The Balaban J connectivity index is 1.72. The fourth-order valence-electron chi connectivity index (χ4n) is 3.93. The van der Waals surface area contributed by atoms with Crippen molar-refractivity contribution in [1.82, 2.24) is 0 Å². The zero-order valence-electron chi connectivity index (χ0n) is 16.5. The summed E-state index contributed by atoms with van der Waals surface area (Å²) in [6.45, 7) is 4.80. The van der Waals surface area contributed by atoms with Gasteiger partial charge in [-0.3, -0.25) is 0 Å². The standard InChI is InChI=1S/C24H24Cl2N2O/c1-16(2)29-21-8-4-7-20(13-21)28-24(14-17-5-3-6-18(25)11-17)15-27-23-12-19(26)9-10-22(23)24/h3-13,16,27-28H,14-15H2,1-2H3. The van der Waals surface area contributed by atoms with E-state index in [2.05, 4.69) is 28.8 Å². The van der Waals surface area contributed by atoms with Crippen LogP contribution in [-0.4, -0.2) is 12.6 Å². The maximum atomic E-state index is 6.26. The molecule has 3 aromatic carbocycles. The topological polar surface area (TPSA) is 33.3 Å². The van der Waals surface area contributed by atoms with Crippen molar-refractivity contribution in [3.05, 3.63) is 87.9 Å². The Morgan fingerprint density at radius 1 is 1.00 bits per heavy atom. The molecule has 0 bridgehead atoms. The van der Waals surface area contributed by atoms with Gasteiger partial charge in [-0.2, -0.15) is 0 Å². The van der Waals surface area contributed by atoms with Gasteiger partial charge in [0.1, 0.15) is 5.75 Å². The van der Waals surface area contributed by atoms with Gasteiger partial charge in [0.15, 0.2) is 0 Å². The smallest absolute Gasteiger partial charge is 0.121 e. The van der Waals surface area contributed by atoms with E-state index in [1.54, 1.807) is 0 Å². The van der Waals surface area contributed by atoms with Crippen molar-refractivity contribution in [3.63, 3.8) is 0 Å². The van der Waals surface area contributed by atoms with Crippen LogP contribution < -0.4 is 15.4 Å². The summed E-state index contributed by atoms with van der Waals surface area (Å²) in [4.78, 5) is 0. The first-order chi connectivity index (χ1) is 13.9. The molecule has 1 heterocycles. The summed E-state index contributed by atoms with van der Waals surface area (Å²) >= 11 is 12.5. The average molecular weight is 427 g/mol. The van der Waals surface area contributed by atoms with Crippen molar-refractivity contribution < 1.29 is 4.74 Å². The number of fused-ring (bicyclic) bond motifs is 1. The fourth-order valence-corrected chi connectivity index (χ4v) is 4.31. The third-order valence-electron chi connectivity index (χ3n) is 5.06. The van der Waals surface area contributed by atoms with Crippen molar-refractivity contribution >= 4 is 34.6 Å². The maximum Gasteiger partial charge on any atom is 0.121 e. The van der Waals surface area contributed by atoms with Gasteiger partial charge in [-0.05, 0) is 55.8 Å². The Kier molecular flexibility index (Phi) is 5.62. The second-order valence-electron chi connectivity index (χ2n) is 7.75. The van der Waals surface area contributed by atoms with Crippen LogP contribution in [-0.2, 0) is 12.0 Å². The van der Waals surface area contributed by atoms with Crippen molar-refractivity contribution in [2.24, 2.45) is 0 Å². The first-order valence-corrected chi connectivity index (χ1v) is 10.5. The Morgan fingerprint density at radius 2 is 1.79 bits per heavy atom. The van der Waals surface area contributed by atoms with Crippen LogP contribution in [0.25, 0.3) is 0 Å². The lowest BCUT2D eigenvalue weighted by molar-refractivity contribution is 0.242. The van der Waals surface area contributed by atoms with E-state index in [0.717, 1.165) is 40.1 Å². The second kappa shape index (κ2) is 8.17. The molecule has 3 aromatic rings. The highest BCUT2D eigenvalue weighted by Crippen LogP contribution is 2.41. The minimum Gasteiger partial charge on any atom is -0.491 e. The Bertz CT molecular complexity index is 1020. The van der Waals surface area contributed by atoms with E-state index in [1.807, 2.05) is 62.4 Å². The van der Waals surface area contributed by atoms with Crippen LogP contribution in [0, 0.1) is 0 Å². The summed E-state index contributed by atoms with van der Waals surface area (Å²) in [5.41, 5.74) is 4.10. The minimum atomic E-state index is -0.332. The van der Waals surface area contributed by atoms with Gasteiger partial charge >= 0.3 is 0 Å². The summed E-state index contributed by atoms with van der Waals surface area (Å²) in [5, 5.41) is 8.77. The van der Waals surface area contributed by atoms with Gasteiger partial charge in [-0.25, -0.2) is 0 Å². The molecule has 0 fully saturated rings. The molecule has 0 amide bonds. The van der Waals surface area contributed by atoms with E-state index < -0.39 is 0 Å². The molecule has 0 aromatic heterocycles. The largest absolute Gasteiger partial charge is 0.491 e. The molecule has 1 atom stereocenters. The van der Waals surface area contributed by atoms with Crippen LogP contribution >= 0.6 is 23.2 Å². The molecule has 0 spiro atoms. The zero-order valence-corrected chi connectivity index (χ0v) is 18.0. The van der Waals surface area contributed by atoms with E-state index in [4.69, 9.17) is 27.9 Å². The quantitative estimate of drug-likeness (QED) is 0.456. The lowest BCUT2D eigenvalue weighted by Crippen LogP contribution is -2.39. The maximum absolute atomic E-state index is 6.26. The molecule has 150 valence electrons. The number of benzene rings is 3. The Hall–Kier alpha value is -2.36. The zero-order chi connectivity index (χ0) is 20.4. The van der Waals surface area contributed by atoms with Gasteiger partial charge in [-0.15, -0.1) is 0 Å².